The van der Waals surface area contributed by atoms with Gasteiger partial charge in [-0.2, -0.15) is 0 Å². The van der Waals surface area contributed by atoms with Crippen molar-refractivity contribution >= 4 is 28.9 Å². The molecule has 3 nitrogen and oxygen atoms in total. The number of para-hydroxylation sites is 1. The predicted octanol–water partition coefficient (Wildman–Crippen LogP) is 4.95. The van der Waals surface area contributed by atoms with Crippen LogP contribution in [-0.4, -0.2) is 11.9 Å². The fraction of sp³-hybridized carbons (Fsp3) is 0.316. The number of fused-ring (bicyclic) bond motifs is 1. The maximum Gasteiger partial charge on any atom is 0.224 e. The Hall–Kier alpha value is -2.00. The molecule has 0 aliphatic carbocycles. The minimum Gasteiger partial charge on any atom is -0.377 e. The first kappa shape index (κ1) is 15.9. The van der Waals surface area contributed by atoms with Gasteiger partial charge in [0.25, 0.3) is 0 Å². The Kier molecular flexibility index (Phi) is 4.31. The molecule has 1 amide bonds. The van der Waals surface area contributed by atoms with Gasteiger partial charge in [0.05, 0.1) is 16.8 Å². The van der Waals surface area contributed by atoms with E-state index in [4.69, 9.17) is 11.6 Å². The first-order valence-electron chi connectivity index (χ1n) is 7.89. The summed E-state index contributed by atoms with van der Waals surface area (Å²) in [6.07, 6.45) is 0.848. The molecule has 4 heteroatoms. The highest BCUT2D eigenvalue weighted by Gasteiger charge is 2.32. The van der Waals surface area contributed by atoms with E-state index >= 15 is 0 Å². The van der Waals surface area contributed by atoms with E-state index in [1.807, 2.05) is 48.2 Å². The molecule has 1 heterocycles. The van der Waals surface area contributed by atoms with Crippen LogP contribution in [0.5, 0.6) is 0 Å². The number of carbonyl (C=O) groups excluding carboxylic acids is 1. The highest BCUT2D eigenvalue weighted by molar-refractivity contribution is 6.33. The summed E-state index contributed by atoms with van der Waals surface area (Å²) in [5.74, 6) is 0.0803. The average molecular weight is 329 g/mol. The van der Waals surface area contributed by atoms with Crippen molar-refractivity contribution in [2.24, 2.45) is 0 Å². The van der Waals surface area contributed by atoms with Gasteiger partial charge in [-0.1, -0.05) is 35.9 Å². The molecule has 0 fully saturated rings. The number of nitrogens with one attached hydrogen (secondary N) is 1. The maximum absolute atomic E-state index is 12.0. The monoisotopic (exact) mass is 328 g/mol. The second-order valence-corrected chi connectivity index (χ2v) is 6.62. The van der Waals surface area contributed by atoms with Crippen molar-refractivity contribution in [3.8, 4) is 0 Å². The molecule has 23 heavy (non-hydrogen) atoms. The lowest BCUT2D eigenvalue weighted by molar-refractivity contribution is -0.117. The number of benzene rings is 2. The number of nitrogens with zero attached hydrogens (tertiary/aromatic N) is 1. The summed E-state index contributed by atoms with van der Waals surface area (Å²) in [5.41, 5.74) is 4.19. The molecule has 1 N–H and O–H groups in total. The van der Waals surface area contributed by atoms with Crippen molar-refractivity contribution in [3.63, 3.8) is 0 Å². The number of hydrogen-bond acceptors (Lipinski definition) is 2. The molecule has 0 bridgehead atoms. The molecule has 0 spiro atoms. The number of halogens is 1. The van der Waals surface area contributed by atoms with E-state index in [1.165, 1.54) is 0 Å². The number of rotatable bonds is 2. The van der Waals surface area contributed by atoms with E-state index in [9.17, 15) is 4.79 Å². The Morgan fingerprint density at radius 2 is 2.00 bits per heavy atom. The van der Waals surface area contributed by atoms with Gasteiger partial charge in [-0.25, -0.2) is 0 Å². The van der Waals surface area contributed by atoms with E-state index in [0.29, 0.717) is 0 Å². The van der Waals surface area contributed by atoms with Gasteiger partial charge in [0.1, 0.15) is 0 Å². The molecule has 1 aliphatic rings. The van der Waals surface area contributed by atoms with Crippen LogP contribution in [0.1, 0.15) is 37.4 Å². The van der Waals surface area contributed by atoms with Crippen LogP contribution in [-0.2, 0) is 4.79 Å². The quantitative estimate of drug-likeness (QED) is 0.846. The van der Waals surface area contributed by atoms with Crippen molar-refractivity contribution in [3.05, 3.63) is 58.6 Å². The Morgan fingerprint density at radius 3 is 2.70 bits per heavy atom. The minimum absolute atomic E-state index is 0.0803. The summed E-state index contributed by atoms with van der Waals surface area (Å²) < 4.78 is 0. The van der Waals surface area contributed by atoms with Gasteiger partial charge in [0.2, 0.25) is 5.91 Å². The van der Waals surface area contributed by atoms with Crippen LogP contribution in [0.25, 0.3) is 0 Å². The SMILES string of the molecule is CC(=O)N1c2ccccc2[C@H](Nc2ccc(C)cc2Cl)C[C@@H]1C. The molecular formula is C19H21ClN2O. The molecule has 0 saturated carbocycles. The van der Waals surface area contributed by atoms with E-state index in [2.05, 4.69) is 18.3 Å². The topological polar surface area (TPSA) is 32.3 Å². The van der Waals surface area contributed by atoms with Crippen LogP contribution in [0, 0.1) is 6.92 Å². The van der Waals surface area contributed by atoms with Gasteiger partial charge in [0.15, 0.2) is 0 Å². The fourth-order valence-electron chi connectivity index (χ4n) is 3.35. The number of hydrogen-bond donors (Lipinski definition) is 1. The Labute approximate surface area is 142 Å². The number of aryl methyl sites for hydroxylation is 1. The van der Waals surface area contributed by atoms with Crippen LogP contribution in [0.2, 0.25) is 5.02 Å². The zero-order valence-electron chi connectivity index (χ0n) is 13.6. The fourth-order valence-corrected chi connectivity index (χ4v) is 3.64. The van der Waals surface area contributed by atoms with Crippen LogP contribution >= 0.6 is 11.6 Å². The van der Waals surface area contributed by atoms with Crippen LogP contribution in [0.4, 0.5) is 11.4 Å². The lowest BCUT2D eigenvalue weighted by atomic mass is 9.91. The molecule has 2 aromatic rings. The normalized spacial score (nSPS) is 20.1. The van der Waals surface area contributed by atoms with Gasteiger partial charge >= 0.3 is 0 Å². The maximum atomic E-state index is 12.0. The molecule has 1 aliphatic heterocycles. The lowest BCUT2D eigenvalue weighted by Gasteiger charge is -2.39. The summed E-state index contributed by atoms with van der Waals surface area (Å²) in [5, 5.41) is 4.28. The average Bonchev–Trinajstić information content (AvgIpc) is 2.49. The molecule has 2 aromatic carbocycles. The minimum atomic E-state index is 0.0803. The van der Waals surface area contributed by atoms with Crippen molar-refractivity contribution in [2.45, 2.75) is 39.3 Å². The van der Waals surface area contributed by atoms with Gasteiger partial charge < -0.3 is 10.2 Å². The highest BCUT2D eigenvalue weighted by Crippen LogP contribution is 2.39. The Morgan fingerprint density at radius 1 is 1.26 bits per heavy atom. The molecule has 2 atom stereocenters. The molecule has 0 unspecified atom stereocenters. The van der Waals surface area contributed by atoms with Crippen LogP contribution < -0.4 is 10.2 Å². The smallest absolute Gasteiger partial charge is 0.224 e. The Bertz CT molecular complexity index is 744. The highest BCUT2D eigenvalue weighted by atomic mass is 35.5. The number of carbonyl (C=O) groups is 1. The standard InChI is InChI=1S/C19H21ClN2O/c1-12-8-9-17(16(20)10-12)21-18-11-13(2)22(14(3)23)19-7-5-4-6-15(18)19/h4-10,13,18,21H,11H2,1-3H3/t13-,18+/m0/s1. The molecule has 0 aromatic heterocycles. The number of amides is 1. The molecular weight excluding hydrogens is 308 g/mol. The second-order valence-electron chi connectivity index (χ2n) is 6.21. The van der Waals surface area contributed by atoms with Crippen LogP contribution in [0.15, 0.2) is 42.5 Å². The summed E-state index contributed by atoms with van der Waals surface area (Å²) in [6.45, 7) is 5.74. The van der Waals surface area contributed by atoms with Gasteiger partial charge in [-0.3, -0.25) is 4.79 Å². The third-order valence-corrected chi connectivity index (χ3v) is 4.70. The molecule has 120 valence electrons. The van der Waals surface area contributed by atoms with Crippen LogP contribution in [0.3, 0.4) is 0 Å². The van der Waals surface area contributed by atoms with Crippen molar-refractivity contribution in [1.29, 1.82) is 0 Å². The third kappa shape index (κ3) is 3.06. The Balaban J connectivity index is 1.97. The number of anilines is 2. The lowest BCUT2D eigenvalue weighted by Crippen LogP contribution is -2.43. The van der Waals surface area contributed by atoms with E-state index < -0.39 is 0 Å². The van der Waals surface area contributed by atoms with Crippen molar-refractivity contribution in [2.75, 3.05) is 10.2 Å². The van der Waals surface area contributed by atoms with Gasteiger partial charge in [-0.15, -0.1) is 0 Å². The van der Waals surface area contributed by atoms with Gasteiger partial charge in [-0.05, 0) is 49.6 Å². The van der Waals surface area contributed by atoms with E-state index in [-0.39, 0.29) is 18.0 Å². The van der Waals surface area contributed by atoms with Crippen molar-refractivity contribution in [1.82, 2.24) is 0 Å². The predicted molar refractivity (Wildman–Crippen MR) is 96.2 cm³/mol. The first-order chi connectivity index (χ1) is 11.0. The summed E-state index contributed by atoms with van der Waals surface area (Å²) in [6, 6.07) is 14.4. The van der Waals surface area contributed by atoms with E-state index in [1.54, 1.807) is 6.92 Å². The summed E-state index contributed by atoms with van der Waals surface area (Å²) in [7, 11) is 0. The zero-order valence-corrected chi connectivity index (χ0v) is 14.4. The molecule has 0 radical (unpaired) electrons. The van der Waals surface area contributed by atoms with Crippen molar-refractivity contribution < 1.29 is 4.79 Å². The zero-order chi connectivity index (χ0) is 16.6. The van der Waals surface area contributed by atoms with Gasteiger partial charge in [0, 0.05) is 18.7 Å². The molecule has 0 saturated heterocycles. The first-order valence-corrected chi connectivity index (χ1v) is 8.26. The third-order valence-electron chi connectivity index (χ3n) is 4.38. The second kappa shape index (κ2) is 6.25. The summed E-state index contributed by atoms with van der Waals surface area (Å²) >= 11 is 6.36. The summed E-state index contributed by atoms with van der Waals surface area (Å²) in [4.78, 5) is 13.9. The molecule has 3 rings (SSSR count). The van der Waals surface area contributed by atoms with E-state index in [0.717, 1.165) is 33.9 Å². The largest absolute Gasteiger partial charge is 0.377 e.